The van der Waals surface area contributed by atoms with Crippen molar-refractivity contribution in [3.63, 3.8) is 0 Å². The van der Waals surface area contributed by atoms with E-state index in [1.165, 1.54) is 6.08 Å². The third-order valence-electron chi connectivity index (χ3n) is 3.86. The van der Waals surface area contributed by atoms with Crippen LogP contribution in [0.15, 0.2) is 48.2 Å². The van der Waals surface area contributed by atoms with Crippen LogP contribution in [0.2, 0.25) is 5.02 Å². The molecule has 1 aliphatic heterocycles. The highest BCUT2D eigenvalue weighted by molar-refractivity contribution is 6.30. The Balaban J connectivity index is 1.58. The van der Waals surface area contributed by atoms with Crippen molar-refractivity contribution in [1.82, 2.24) is 10.6 Å². The average Bonchev–Trinajstić information content (AvgIpc) is 3.00. The van der Waals surface area contributed by atoms with Gasteiger partial charge in [-0.1, -0.05) is 23.7 Å². The van der Waals surface area contributed by atoms with E-state index in [1.807, 2.05) is 24.3 Å². The van der Waals surface area contributed by atoms with Crippen LogP contribution < -0.4 is 24.8 Å². The molecule has 2 N–H and O–H groups in total. The van der Waals surface area contributed by atoms with Gasteiger partial charge in [-0.3, -0.25) is 10.1 Å². The fourth-order valence-electron chi connectivity index (χ4n) is 2.56. The van der Waals surface area contributed by atoms with Gasteiger partial charge in [-0.2, -0.15) is 0 Å². The molecule has 3 rings (SSSR count). The second-order valence-electron chi connectivity index (χ2n) is 5.85. The van der Waals surface area contributed by atoms with Gasteiger partial charge in [0.15, 0.2) is 11.5 Å². The molecule has 0 spiro atoms. The smallest absolute Gasteiger partial charge is 0.326 e. The van der Waals surface area contributed by atoms with Gasteiger partial charge in [-0.15, -0.1) is 0 Å². The summed E-state index contributed by atoms with van der Waals surface area (Å²) >= 11 is 6.04. The number of imide groups is 1. The molecule has 1 fully saturated rings. The predicted octanol–water partition coefficient (Wildman–Crippen LogP) is 3.38. The predicted molar refractivity (Wildman–Crippen MR) is 105 cm³/mol. The minimum Gasteiger partial charge on any atom is -0.493 e. The van der Waals surface area contributed by atoms with E-state index in [9.17, 15) is 9.59 Å². The van der Waals surface area contributed by atoms with E-state index in [0.29, 0.717) is 47.5 Å². The molecule has 0 unspecified atom stereocenters. The van der Waals surface area contributed by atoms with Crippen LogP contribution in [-0.4, -0.2) is 32.3 Å². The Morgan fingerprint density at radius 1 is 0.964 bits per heavy atom. The summed E-state index contributed by atoms with van der Waals surface area (Å²) in [6, 6.07) is 11.9. The highest BCUT2D eigenvalue weighted by Crippen LogP contribution is 2.27. The number of hydrogen-bond acceptors (Lipinski definition) is 5. The molecule has 3 amide bonds. The van der Waals surface area contributed by atoms with Crippen LogP contribution in [0, 0.1) is 0 Å². The minimum absolute atomic E-state index is 0.136. The lowest BCUT2D eigenvalue weighted by molar-refractivity contribution is -0.115. The van der Waals surface area contributed by atoms with E-state index in [2.05, 4.69) is 10.6 Å². The molecule has 0 aliphatic carbocycles. The number of nitrogens with one attached hydrogen (secondary N) is 2. The quantitative estimate of drug-likeness (QED) is 0.401. The number of benzene rings is 2. The standard InChI is InChI=1S/C20H19ClN2O5/c1-26-17-5-2-3-6-18(17)28-10-4-9-27-16-8-7-14(21)11-13(16)12-15-19(24)23-20(25)22-15/h2-3,5-8,11-12H,4,9-10H2,1H3,(H2,22,23,24,25)/b15-12-. The fraction of sp³-hybridized carbons (Fsp3) is 0.200. The lowest BCUT2D eigenvalue weighted by atomic mass is 10.1. The Bertz CT molecular complexity index is 913. The molecule has 0 aromatic heterocycles. The normalized spacial score (nSPS) is 14.6. The second kappa shape index (κ2) is 9.14. The molecule has 0 bridgehead atoms. The summed E-state index contributed by atoms with van der Waals surface area (Å²) in [5, 5.41) is 5.07. The zero-order chi connectivity index (χ0) is 19.9. The molecule has 8 heteroatoms. The maximum absolute atomic E-state index is 11.7. The van der Waals surface area contributed by atoms with Crippen LogP contribution in [0.1, 0.15) is 12.0 Å². The van der Waals surface area contributed by atoms with Gasteiger partial charge < -0.3 is 19.5 Å². The number of halogens is 1. The first kappa shape index (κ1) is 19.6. The largest absolute Gasteiger partial charge is 0.493 e. The van der Waals surface area contributed by atoms with Gasteiger partial charge in [-0.05, 0) is 36.4 Å². The maximum Gasteiger partial charge on any atom is 0.326 e. The summed E-state index contributed by atoms with van der Waals surface area (Å²) in [6.45, 7) is 0.842. The van der Waals surface area contributed by atoms with Gasteiger partial charge in [0.25, 0.3) is 5.91 Å². The topological polar surface area (TPSA) is 85.9 Å². The maximum atomic E-state index is 11.7. The molecular formula is C20H19ClN2O5. The number of para-hydroxylation sites is 2. The van der Waals surface area contributed by atoms with Crippen LogP contribution in [0.25, 0.3) is 6.08 Å². The fourth-order valence-corrected chi connectivity index (χ4v) is 2.74. The summed E-state index contributed by atoms with van der Waals surface area (Å²) in [5.41, 5.74) is 0.724. The van der Waals surface area contributed by atoms with Crippen molar-refractivity contribution < 1.29 is 23.8 Å². The van der Waals surface area contributed by atoms with E-state index < -0.39 is 11.9 Å². The van der Waals surface area contributed by atoms with Gasteiger partial charge >= 0.3 is 6.03 Å². The summed E-state index contributed by atoms with van der Waals surface area (Å²) in [4.78, 5) is 23.0. The van der Waals surface area contributed by atoms with E-state index in [1.54, 1.807) is 25.3 Å². The number of ether oxygens (including phenoxy) is 3. The Hall–Kier alpha value is -3.19. The van der Waals surface area contributed by atoms with Crippen molar-refractivity contribution >= 4 is 29.6 Å². The number of amides is 3. The monoisotopic (exact) mass is 402 g/mol. The number of hydrogen-bond donors (Lipinski definition) is 2. The van der Waals surface area contributed by atoms with Crippen molar-refractivity contribution in [3.05, 3.63) is 58.7 Å². The van der Waals surface area contributed by atoms with Crippen LogP contribution in [0.3, 0.4) is 0 Å². The number of carbonyl (C=O) groups is 2. The summed E-state index contributed by atoms with van der Waals surface area (Å²) < 4.78 is 16.8. The molecule has 1 aliphatic rings. The molecule has 2 aromatic rings. The number of rotatable bonds is 8. The molecule has 146 valence electrons. The molecule has 7 nitrogen and oxygen atoms in total. The third kappa shape index (κ3) is 4.95. The van der Waals surface area contributed by atoms with Crippen molar-refractivity contribution in [2.45, 2.75) is 6.42 Å². The molecule has 0 atom stereocenters. The first-order chi connectivity index (χ1) is 13.6. The zero-order valence-corrected chi connectivity index (χ0v) is 15.9. The van der Waals surface area contributed by atoms with E-state index in [-0.39, 0.29) is 5.70 Å². The summed E-state index contributed by atoms with van der Waals surface area (Å²) in [7, 11) is 1.59. The molecule has 2 aromatic carbocycles. The third-order valence-corrected chi connectivity index (χ3v) is 4.10. The number of methoxy groups -OCH3 is 1. The Morgan fingerprint density at radius 2 is 1.68 bits per heavy atom. The van der Waals surface area contributed by atoms with Crippen molar-refractivity contribution in [3.8, 4) is 17.2 Å². The zero-order valence-electron chi connectivity index (χ0n) is 15.2. The van der Waals surface area contributed by atoms with Crippen LogP contribution in [0.5, 0.6) is 17.2 Å². The van der Waals surface area contributed by atoms with Crippen LogP contribution >= 0.6 is 11.6 Å². The second-order valence-corrected chi connectivity index (χ2v) is 6.29. The Labute approximate surface area is 167 Å². The number of urea groups is 1. The summed E-state index contributed by atoms with van der Waals surface area (Å²) in [6.07, 6.45) is 2.15. The van der Waals surface area contributed by atoms with E-state index >= 15 is 0 Å². The number of carbonyl (C=O) groups excluding carboxylic acids is 2. The Kier molecular flexibility index (Phi) is 6.39. The van der Waals surface area contributed by atoms with E-state index in [0.717, 1.165) is 0 Å². The first-order valence-electron chi connectivity index (χ1n) is 8.59. The molecule has 0 saturated carbocycles. The molecular weight excluding hydrogens is 384 g/mol. The van der Waals surface area contributed by atoms with Crippen molar-refractivity contribution in [2.75, 3.05) is 20.3 Å². The van der Waals surface area contributed by atoms with Gasteiger partial charge in [0, 0.05) is 17.0 Å². The molecule has 0 radical (unpaired) electrons. The lowest BCUT2D eigenvalue weighted by Gasteiger charge is -2.12. The molecule has 28 heavy (non-hydrogen) atoms. The van der Waals surface area contributed by atoms with Gasteiger partial charge in [0.2, 0.25) is 0 Å². The summed E-state index contributed by atoms with van der Waals surface area (Å²) in [5.74, 6) is 1.39. The highest BCUT2D eigenvalue weighted by Gasteiger charge is 2.23. The van der Waals surface area contributed by atoms with Crippen molar-refractivity contribution in [2.24, 2.45) is 0 Å². The van der Waals surface area contributed by atoms with Crippen LogP contribution in [-0.2, 0) is 4.79 Å². The van der Waals surface area contributed by atoms with Crippen LogP contribution in [0.4, 0.5) is 4.79 Å². The van der Waals surface area contributed by atoms with Gasteiger partial charge in [0.1, 0.15) is 11.4 Å². The first-order valence-corrected chi connectivity index (χ1v) is 8.97. The SMILES string of the molecule is COc1ccccc1OCCCOc1ccc(Cl)cc1/C=C1\NC(=O)NC1=O. The lowest BCUT2D eigenvalue weighted by Crippen LogP contribution is -2.22. The minimum atomic E-state index is -0.561. The van der Waals surface area contributed by atoms with Gasteiger partial charge in [-0.25, -0.2) is 4.79 Å². The molecule has 1 saturated heterocycles. The Morgan fingerprint density at radius 3 is 2.36 bits per heavy atom. The van der Waals surface area contributed by atoms with Gasteiger partial charge in [0.05, 0.1) is 20.3 Å². The molecule has 1 heterocycles. The highest BCUT2D eigenvalue weighted by atomic mass is 35.5. The average molecular weight is 403 g/mol. The van der Waals surface area contributed by atoms with Crippen molar-refractivity contribution in [1.29, 1.82) is 0 Å². The van der Waals surface area contributed by atoms with E-state index in [4.69, 9.17) is 25.8 Å².